The van der Waals surface area contributed by atoms with Gasteiger partial charge in [-0.2, -0.15) is 8.78 Å². The van der Waals surface area contributed by atoms with Crippen LogP contribution in [0.4, 0.5) is 17.6 Å². The lowest BCUT2D eigenvalue weighted by molar-refractivity contribution is -0.167. The van der Waals surface area contributed by atoms with Crippen LogP contribution in [0.3, 0.4) is 0 Å². The van der Waals surface area contributed by atoms with Crippen LogP contribution in [-0.4, -0.2) is 47.1 Å². The summed E-state index contributed by atoms with van der Waals surface area (Å²) >= 11 is 0. The number of aryl methyl sites for hydroxylation is 1. The number of ether oxygens (including phenoxy) is 1. The Morgan fingerprint density at radius 1 is 1.45 bits per heavy atom. The second-order valence-electron chi connectivity index (χ2n) is 4.37. The fourth-order valence-corrected chi connectivity index (χ4v) is 1.56. The smallest absolute Gasteiger partial charge is 0.330 e. The van der Waals surface area contributed by atoms with E-state index in [1.54, 1.807) is 7.05 Å². The van der Waals surface area contributed by atoms with Crippen molar-refractivity contribution in [2.75, 3.05) is 19.8 Å². The number of rotatable bonds is 9. The van der Waals surface area contributed by atoms with E-state index in [2.05, 4.69) is 15.6 Å². The van der Waals surface area contributed by atoms with Crippen molar-refractivity contribution in [2.45, 2.75) is 31.7 Å². The second-order valence-corrected chi connectivity index (χ2v) is 4.37. The number of alkyl halides is 4. The minimum absolute atomic E-state index is 0.163. The molecular weight excluding hydrogens is 280 g/mol. The van der Waals surface area contributed by atoms with Crippen molar-refractivity contribution in [2.24, 2.45) is 7.05 Å². The summed E-state index contributed by atoms with van der Waals surface area (Å²) < 4.78 is 55.7. The van der Waals surface area contributed by atoms with E-state index < -0.39 is 25.0 Å². The molecular formula is C11H18F4N4O. The highest BCUT2D eigenvalue weighted by molar-refractivity contribution is 5.01. The van der Waals surface area contributed by atoms with Gasteiger partial charge in [0.2, 0.25) is 0 Å². The van der Waals surface area contributed by atoms with Crippen LogP contribution in [-0.2, 0) is 11.8 Å². The molecule has 0 aliphatic heterocycles. The Bertz CT molecular complexity index is 400. The molecule has 0 radical (unpaired) electrons. The molecule has 1 aromatic heterocycles. The van der Waals surface area contributed by atoms with E-state index >= 15 is 0 Å². The molecule has 0 aliphatic rings. The molecule has 20 heavy (non-hydrogen) atoms. The van der Waals surface area contributed by atoms with E-state index in [9.17, 15) is 17.6 Å². The predicted octanol–water partition coefficient (Wildman–Crippen LogP) is 1.77. The first kappa shape index (κ1) is 16.8. The van der Waals surface area contributed by atoms with Crippen LogP contribution in [0.25, 0.3) is 0 Å². The molecule has 1 aromatic rings. The van der Waals surface area contributed by atoms with Crippen molar-refractivity contribution >= 4 is 0 Å². The Labute approximate surface area is 114 Å². The zero-order chi connectivity index (χ0) is 15.2. The van der Waals surface area contributed by atoms with Crippen molar-refractivity contribution in [1.29, 1.82) is 0 Å². The monoisotopic (exact) mass is 298 g/mol. The zero-order valence-electron chi connectivity index (χ0n) is 11.3. The molecule has 1 rings (SSSR count). The average Bonchev–Trinajstić information content (AvgIpc) is 2.79. The molecule has 1 atom stereocenters. The number of nitrogens with one attached hydrogen (secondary N) is 1. The second kappa shape index (κ2) is 7.53. The first-order valence-corrected chi connectivity index (χ1v) is 6.20. The van der Waals surface area contributed by atoms with Gasteiger partial charge in [-0.1, -0.05) is 12.1 Å². The van der Waals surface area contributed by atoms with Crippen LogP contribution in [0.15, 0.2) is 6.20 Å². The van der Waals surface area contributed by atoms with Crippen molar-refractivity contribution in [3.63, 3.8) is 0 Å². The van der Waals surface area contributed by atoms with Gasteiger partial charge >= 0.3 is 12.3 Å². The number of hydrogen-bond acceptors (Lipinski definition) is 4. The van der Waals surface area contributed by atoms with Crippen LogP contribution in [0.5, 0.6) is 0 Å². The summed E-state index contributed by atoms with van der Waals surface area (Å²) in [6.45, 7) is 1.09. The van der Waals surface area contributed by atoms with Gasteiger partial charge in [-0.3, -0.25) is 4.68 Å². The van der Waals surface area contributed by atoms with E-state index in [1.165, 1.54) is 10.9 Å². The summed E-state index contributed by atoms with van der Waals surface area (Å²) in [5, 5.41) is 10.5. The molecule has 1 heterocycles. The third kappa shape index (κ3) is 4.71. The first-order valence-electron chi connectivity index (χ1n) is 6.20. The Kier molecular flexibility index (Phi) is 6.34. The summed E-state index contributed by atoms with van der Waals surface area (Å²) in [6.07, 6.45) is -1.43. The lowest BCUT2D eigenvalue weighted by Crippen LogP contribution is -2.35. The van der Waals surface area contributed by atoms with Gasteiger partial charge in [0.15, 0.2) is 0 Å². The minimum atomic E-state index is -4.14. The van der Waals surface area contributed by atoms with Gasteiger partial charge in [-0.15, -0.1) is 5.10 Å². The van der Waals surface area contributed by atoms with Crippen molar-refractivity contribution in [3.8, 4) is 0 Å². The molecule has 0 aliphatic carbocycles. The summed E-state index contributed by atoms with van der Waals surface area (Å²) in [5.74, 6) is -4.14. The molecule has 0 amide bonds. The SMILES string of the molecule is CCCNC(COCC(F)(F)C(F)F)c1cnnn1C. The van der Waals surface area contributed by atoms with Crippen LogP contribution < -0.4 is 5.32 Å². The van der Waals surface area contributed by atoms with E-state index in [0.29, 0.717) is 12.2 Å². The average molecular weight is 298 g/mol. The summed E-state index contributed by atoms with van der Waals surface area (Å²) in [4.78, 5) is 0. The van der Waals surface area contributed by atoms with Gasteiger partial charge < -0.3 is 10.1 Å². The lowest BCUT2D eigenvalue weighted by atomic mass is 10.2. The molecule has 0 aromatic carbocycles. The fraction of sp³-hybridized carbons (Fsp3) is 0.818. The summed E-state index contributed by atoms with van der Waals surface area (Å²) in [6, 6.07) is -0.427. The third-order valence-corrected chi connectivity index (χ3v) is 2.65. The van der Waals surface area contributed by atoms with Gasteiger partial charge in [-0.25, -0.2) is 8.78 Å². The van der Waals surface area contributed by atoms with Crippen molar-refractivity contribution in [1.82, 2.24) is 20.3 Å². The van der Waals surface area contributed by atoms with Crippen LogP contribution >= 0.6 is 0 Å². The molecule has 5 nitrogen and oxygen atoms in total. The molecule has 1 unspecified atom stereocenters. The number of aromatic nitrogens is 3. The Hall–Kier alpha value is -1.22. The first-order chi connectivity index (χ1) is 9.38. The third-order valence-electron chi connectivity index (χ3n) is 2.65. The van der Waals surface area contributed by atoms with Crippen LogP contribution in [0, 0.1) is 0 Å². The predicted molar refractivity (Wildman–Crippen MR) is 63.8 cm³/mol. The Balaban J connectivity index is 2.56. The largest absolute Gasteiger partial charge is 0.373 e. The van der Waals surface area contributed by atoms with E-state index in [1.807, 2.05) is 6.92 Å². The maximum Gasteiger partial charge on any atom is 0.330 e. The Morgan fingerprint density at radius 3 is 2.65 bits per heavy atom. The quantitative estimate of drug-likeness (QED) is 0.706. The summed E-state index contributed by atoms with van der Waals surface area (Å²) in [5.41, 5.74) is 0.638. The van der Waals surface area contributed by atoms with E-state index in [0.717, 1.165) is 6.42 Å². The molecule has 0 saturated heterocycles. The molecule has 0 saturated carbocycles. The van der Waals surface area contributed by atoms with Crippen molar-refractivity contribution < 1.29 is 22.3 Å². The molecule has 0 fully saturated rings. The van der Waals surface area contributed by atoms with Crippen LogP contribution in [0.1, 0.15) is 25.1 Å². The van der Waals surface area contributed by atoms with Gasteiger partial charge in [0.25, 0.3) is 0 Å². The standard InChI is InChI=1S/C11H18F4N4O/c1-3-4-16-8(9-5-17-18-19(9)2)6-20-7-11(14,15)10(12)13/h5,8,10,16H,3-4,6-7H2,1-2H3. The van der Waals surface area contributed by atoms with E-state index in [-0.39, 0.29) is 6.61 Å². The number of nitrogens with zero attached hydrogens (tertiary/aromatic N) is 3. The van der Waals surface area contributed by atoms with Crippen LogP contribution in [0.2, 0.25) is 0 Å². The maximum atomic E-state index is 12.7. The van der Waals surface area contributed by atoms with Gasteiger partial charge in [-0.05, 0) is 13.0 Å². The highest BCUT2D eigenvalue weighted by atomic mass is 19.3. The fourth-order valence-electron chi connectivity index (χ4n) is 1.56. The van der Waals surface area contributed by atoms with Gasteiger partial charge in [0.05, 0.1) is 24.5 Å². The maximum absolute atomic E-state index is 12.7. The molecule has 116 valence electrons. The number of halogens is 4. The van der Waals surface area contributed by atoms with Gasteiger partial charge in [0, 0.05) is 7.05 Å². The normalized spacial score (nSPS) is 13.9. The summed E-state index contributed by atoms with van der Waals surface area (Å²) in [7, 11) is 1.65. The lowest BCUT2D eigenvalue weighted by Gasteiger charge is -2.20. The molecule has 0 spiro atoms. The zero-order valence-corrected chi connectivity index (χ0v) is 11.3. The molecule has 1 N–H and O–H groups in total. The van der Waals surface area contributed by atoms with Crippen molar-refractivity contribution in [3.05, 3.63) is 11.9 Å². The topological polar surface area (TPSA) is 52.0 Å². The minimum Gasteiger partial charge on any atom is -0.373 e. The highest BCUT2D eigenvalue weighted by Crippen LogP contribution is 2.23. The highest BCUT2D eigenvalue weighted by Gasteiger charge is 2.41. The molecule has 9 heteroatoms. The number of hydrogen-bond donors (Lipinski definition) is 1. The van der Waals surface area contributed by atoms with E-state index in [4.69, 9.17) is 4.74 Å². The van der Waals surface area contributed by atoms with Gasteiger partial charge in [0.1, 0.15) is 6.61 Å². The molecule has 0 bridgehead atoms. The Morgan fingerprint density at radius 2 is 2.15 bits per heavy atom.